The topological polar surface area (TPSA) is 43.1 Å². The zero-order valence-corrected chi connectivity index (χ0v) is 14.7. The minimum atomic E-state index is -0.528. The minimum Gasteiger partial charge on any atom is -0.369 e. The van der Waals surface area contributed by atoms with Gasteiger partial charge in [-0.1, -0.05) is 54.4 Å². The van der Waals surface area contributed by atoms with E-state index in [1.54, 1.807) is 0 Å². The van der Waals surface area contributed by atoms with Crippen LogP contribution in [0.3, 0.4) is 0 Å². The average Bonchev–Trinajstić information content (AvgIpc) is 2.53. The molecule has 0 bridgehead atoms. The van der Waals surface area contributed by atoms with Crippen molar-refractivity contribution in [2.45, 2.75) is 32.6 Å². The molecule has 2 N–H and O–H groups in total. The van der Waals surface area contributed by atoms with Gasteiger partial charge in [0.1, 0.15) is 0 Å². The van der Waals surface area contributed by atoms with E-state index in [9.17, 15) is 4.79 Å². The number of carbonyl (C=O) groups is 1. The summed E-state index contributed by atoms with van der Waals surface area (Å²) in [6.07, 6.45) is 3.05. The van der Waals surface area contributed by atoms with Crippen LogP contribution in [0.1, 0.15) is 30.9 Å². The lowest BCUT2D eigenvalue weighted by molar-refractivity contribution is -0.127. The highest BCUT2D eigenvalue weighted by molar-refractivity contribution is 6.30. The summed E-state index contributed by atoms with van der Waals surface area (Å²) in [6, 6.07) is 15.4. The maximum Gasteiger partial charge on any atom is 0.223 e. The molecule has 0 fully saturated rings. The molecule has 2 aromatic rings. The molecule has 1 amide bonds. The van der Waals surface area contributed by atoms with Crippen molar-refractivity contribution in [1.82, 2.24) is 0 Å². The second-order valence-corrected chi connectivity index (χ2v) is 7.05. The number of hydrogen-bond donors (Lipinski definition) is 1. The van der Waals surface area contributed by atoms with Crippen LogP contribution in [0.5, 0.6) is 0 Å². The summed E-state index contributed by atoms with van der Waals surface area (Å²) in [6.45, 7) is 1.95. The first-order valence-corrected chi connectivity index (χ1v) is 8.43. The van der Waals surface area contributed by atoms with Gasteiger partial charge in [0.2, 0.25) is 5.91 Å². The fourth-order valence-electron chi connectivity index (χ4n) is 2.51. The van der Waals surface area contributed by atoms with E-state index in [4.69, 9.17) is 28.9 Å². The second kappa shape index (κ2) is 7.85. The van der Waals surface area contributed by atoms with Crippen LogP contribution in [-0.2, 0) is 17.6 Å². The molecule has 0 saturated carbocycles. The first-order chi connectivity index (χ1) is 10.9. The maximum atomic E-state index is 12.0. The lowest BCUT2D eigenvalue weighted by atomic mass is 9.78. The number of halogens is 2. The fourth-order valence-corrected chi connectivity index (χ4v) is 2.77. The number of aryl methyl sites for hydroxylation is 2. The molecule has 0 spiro atoms. The van der Waals surface area contributed by atoms with Crippen LogP contribution in [0.4, 0.5) is 0 Å². The van der Waals surface area contributed by atoms with Gasteiger partial charge in [0.25, 0.3) is 0 Å². The first-order valence-electron chi connectivity index (χ1n) is 7.68. The molecule has 0 aliphatic heterocycles. The SMILES string of the molecule is CC(CCc1ccc(Cl)cc1)(CCc1ccc(Cl)cc1)C(N)=O. The zero-order valence-electron chi connectivity index (χ0n) is 13.2. The second-order valence-electron chi connectivity index (χ2n) is 6.18. The summed E-state index contributed by atoms with van der Waals surface area (Å²) in [5.41, 5.74) is 7.46. The third-order valence-corrected chi connectivity index (χ3v) is 4.86. The van der Waals surface area contributed by atoms with Gasteiger partial charge in [0.15, 0.2) is 0 Å². The van der Waals surface area contributed by atoms with Crippen molar-refractivity contribution in [3.63, 3.8) is 0 Å². The molecule has 122 valence electrons. The van der Waals surface area contributed by atoms with Crippen LogP contribution in [0.2, 0.25) is 10.0 Å². The van der Waals surface area contributed by atoms with Crippen LogP contribution in [0.25, 0.3) is 0 Å². The predicted molar refractivity (Wildman–Crippen MR) is 96.8 cm³/mol. The van der Waals surface area contributed by atoms with Crippen molar-refractivity contribution in [2.75, 3.05) is 0 Å². The third-order valence-electron chi connectivity index (χ3n) is 4.35. The van der Waals surface area contributed by atoms with Crippen LogP contribution in [0.15, 0.2) is 48.5 Å². The van der Waals surface area contributed by atoms with E-state index < -0.39 is 5.41 Å². The van der Waals surface area contributed by atoms with E-state index >= 15 is 0 Å². The monoisotopic (exact) mass is 349 g/mol. The Hall–Kier alpha value is -1.51. The van der Waals surface area contributed by atoms with E-state index in [0.29, 0.717) is 10.0 Å². The summed E-state index contributed by atoms with van der Waals surface area (Å²) in [5, 5.41) is 1.43. The van der Waals surface area contributed by atoms with Gasteiger partial charge in [-0.3, -0.25) is 4.79 Å². The van der Waals surface area contributed by atoms with Crippen LogP contribution < -0.4 is 5.73 Å². The molecular weight excluding hydrogens is 329 g/mol. The van der Waals surface area contributed by atoms with Gasteiger partial charge in [-0.15, -0.1) is 0 Å². The molecular formula is C19H21Cl2NO. The lowest BCUT2D eigenvalue weighted by Gasteiger charge is -2.26. The van der Waals surface area contributed by atoms with Gasteiger partial charge in [-0.2, -0.15) is 0 Å². The van der Waals surface area contributed by atoms with Crippen molar-refractivity contribution in [3.8, 4) is 0 Å². The highest BCUT2D eigenvalue weighted by Gasteiger charge is 2.30. The fraction of sp³-hybridized carbons (Fsp3) is 0.316. The molecule has 0 aromatic heterocycles. The highest BCUT2D eigenvalue weighted by Crippen LogP contribution is 2.30. The summed E-state index contributed by atoms with van der Waals surface area (Å²) in [4.78, 5) is 12.0. The van der Waals surface area contributed by atoms with E-state index in [-0.39, 0.29) is 5.91 Å². The van der Waals surface area contributed by atoms with Gasteiger partial charge in [0.05, 0.1) is 0 Å². The quantitative estimate of drug-likeness (QED) is 0.746. The normalized spacial score (nSPS) is 11.4. The molecule has 0 radical (unpaired) electrons. The number of amides is 1. The highest BCUT2D eigenvalue weighted by atomic mass is 35.5. The molecule has 0 atom stereocenters. The van der Waals surface area contributed by atoms with Crippen molar-refractivity contribution in [2.24, 2.45) is 11.1 Å². The van der Waals surface area contributed by atoms with Gasteiger partial charge in [0, 0.05) is 15.5 Å². The number of rotatable bonds is 7. The van der Waals surface area contributed by atoms with Gasteiger partial charge in [-0.25, -0.2) is 0 Å². The number of carbonyl (C=O) groups excluding carboxylic acids is 1. The van der Waals surface area contributed by atoms with Crippen LogP contribution >= 0.6 is 23.2 Å². The Morgan fingerprint density at radius 1 is 0.870 bits per heavy atom. The Morgan fingerprint density at radius 3 is 1.52 bits per heavy atom. The van der Waals surface area contributed by atoms with Crippen molar-refractivity contribution in [1.29, 1.82) is 0 Å². The van der Waals surface area contributed by atoms with E-state index in [1.165, 1.54) is 0 Å². The summed E-state index contributed by atoms with van der Waals surface area (Å²) >= 11 is 11.8. The van der Waals surface area contributed by atoms with Gasteiger partial charge in [-0.05, 0) is 61.1 Å². The standard InChI is InChI=1S/C19H21Cl2NO/c1-19(18(22)23,12-10-14-2-6-16(20)7-3-14)13-11-15-4-8-17(21)9-5-15/h2-9H,10-13H2,1H3,(H2,22,23). The van der Waals surface area contributed by atoms with Crippen molar-refractivity contribution >= 4 is 29.1 Å². The summed E-state index contributed by atoms with van der Waals surface area (Å²) in [7, 11) is 0. The molecule has 0 heterocycles. The molecule has 0 unspecified atom stereocenters. The Morgan fingerprint density at radius 2 is 1.22 bits per heavy atom. The molecule has 0 aliphatic rings. The van der Waals surface area contributed by atoms with Gasteiger partial charge < -0.3 is 5.73 Å². The van der Waals surface area contributed by atoms with Crippen molar-refractivity contribution < 1.29 is 4.79 Å². The van der Waals surface area contributed by atoms with Crippen LogP contribution in [0, 0.1) is 5.41 Å². The molecule has 0 aliphatic carbocycles. The van der Waals surface area contributed by atoms with E-state index in [1.807, 2.05) is 55.5 Å². The largest absolute Gasteiger partial charge is 0.369 e. The molecule has 2 nitrogen and oxygen atoms in total. The Kier molecular flexibility index (Phi) is 6.09. The molecule has 0 saturated heterocycles. The lowest BCUT2D eigenvalue weighted by Crippen LogP contribution is -2.35. The molecule has 23 heavy (non-hydrogen) atoms. The maximum absolute atomic E-state index is 12.0. The van der Waals surface area contributed by atoms with E-state index in [2.05, 4.69) is 0 Å². The number of benzene rings is 2. The Balaban J connectivity index is 1.98. The molecule has 2 aromatic carbocycles. The number of primary amides is 1. The zero-order chi connectivity index (χ0) is 16.9. The predicted octanol–water partition coefficient (Wildman–Crippen LogP) is 5.05. The molecule has 4 heteroatoms. The van der Waals surface area contributed by atoms with Crippen LogP contribution in [-0.4, -0.2) is 5.91 Å². The molecule has 2 rings (SSSR count). The first kappa shape index (κ1) is 17.8. The number of hydrogen-bond acceptors (Lipinski definition) is 1. The Labute approximate surface area is 147 Å². The smallest absolute Gasteiger partial charge is 0.223 e. The Bertz CT molecular complexity index is 601. The van der Waals surface area contributed by atoms with Crippen molar-refractivity contribution in [3.05, 3.63) is 69.7 Å². The minimum absolute atomic E-state index is 0.250. The average molecular weight is 350 g/mol. The number of nitrogens with two attached hydrogens (primary N) is 1. The summed E-state index contributed by atoms with van der Waals surface area (Å²) in [5.74, 6) is -0.250. The summed E-state index contributed by atoms with van der Waals surface area (Å²) < 4.78 is 0. The van der Waals surface area contributed by atoms with E-state index in [0.717, 1.165) is 36.8 Å². The third kappa shape index (κ3) is 5.26. The van der Waals surface area contributed by atoms with Gasteiger partial charge >= 0.3 is 0 Å².